The molecule has 0 fully saturated rings. The fraction of sp³-hybridized carbons (Fsp3) is 0.222. The fourth-order valence-electron chi connectivity index (χ4n) is 3.32. The van der Waals surface area contributed by atoms with Crippen LogP contribution in [0.15, 0.2) is 47.1 Å². The monoisotopic (exact) mass is 282 g/mol. The second kappa shape index (κ2) is 4.39. The molecular weight excluding hydrogens is 268 g/mol. The minimum absolute atomic E-state index is 0.154. The number of alkyl halides is 1. The van der Waals surface area contributed by atoms with E-state index in [0.717, 1.165) is 24.2 Å². The van der Waals surface area contributed by atoms with Gasteiger partial charge in [-0.05, 0) is 53.3 Å². The van der Waals surface area contributed by atoms with E-state index in [0.29, 0.717) is 0 Å². The van der Waals surface area contributed by atoms with E-state index in [1.54, 1.807) is 6.26 Å². The molecule has 0 N–H and O–H groups in total. The molecule has 2 heteroatoms. The second-order valence-electron chi connectivity index (χ2n) is 5.45. The van der Waals surface area contributed by atoms with E-state index >= 15 is 0 Å². The first-order valence-electron chi connectivity index (χ1n) is 6.97. The molecule has 4 rings (SSSR count). The molecule has 1 aromatic heterocycles. The summed E-state index contributed by atoms with van der Waals surface area (Å²) in [6.45, 7) is 1.96. The van der Waals surface area contributed by atoms with Crippen LogP contribution in [-0.2, 0) is 12.8 Å². The van der Waals surface area contributed by atoms with E-state index in [1.807, 2.05) is 13.0 Å². The van der Waals surface area contributed by atoms with Crippen molar-refractivity contribution in [2.24, 2.45) is 0 Å². The smallest absolute Gasteiger partial charge is 0.105 e. The normalized spacial score (nSPS) is 14.9. The molecule has 1 aliphatic carbocycles. The van der Waals surface area contributed by atoms with Gasteiger partial charge in [0.05, 0.1) is 11.6 Å². The van der Waals surface area contributed by atoms with Crippen molar-refractivity contribution in [3.63, 3.8) is 0 Å². The lowest BCUT2D eigenvalue weighted by Gasteiger charge is -2.14. The molecule has 0 amide bonds. The maximum absolute atomic E-state index is 6.72. The Balaban J connectivity index is 1.96. The molecule has 1 atom stereocenters. The molecule has 0 bridgehead atoms. The van der Waals surface area contributed by atoms with Crippen molar-refractivity contribution in [1.29, 1.82) is 0 Å². The molecule has 0 spiro atoms. The number of benzene rings is 2. The topological polar surface area (TPSA) is 13.1 Å². The Morgan fingerprint density at radius 1 is 1.00 bits per heavy atom. The van der Waals surface area contributed by atoms with Crippen LogP contribution in [-0.4, -0.2) is 0 Å². The highest BCUT2D eigenvalue weighted by atomic mass is 35.5. The number of halogens is 1. The average molecular weight is 283 g/mol. The maximum atomic E-state index is 6.72. The van der Waals surface area contributed by atoms with Crippen molar-refractivity contribution in [1.82, 2.24) is 0 Å². The zero-order valence-corrected chi connectivity index (χ0v) is 12.1. The summed E-state index contributed by atoms with van der Waals surface area (Å²) in [6, 6.07) is 12.9. The Kier molecular flexibility index (Phi) is 2.64. The quantitative estimate of drug-likeness (QED) is 0.591. The highest BCUT2D eigenvalue weighted by Gasteiger charge is 2.21. The third kappa shape index (κ3) is 1.63. The van der Waals surface area contributed by atoms with Crippen LogP contribution < -0.4 is 0 Å². The SMILES string of the molecule is Cc1occc1C(Cl)c1ccc2c3c(cccc13)CC2. The van der Waals surface area contributed by atoms with E-state index in [2.05, 4.69) is 30.3 Å². The second-order valence-corrected chi connectivity index (χ2v) is 5.88. The third-order valence-electron chi connectivity index (χ3n) is 4.36. The van der Waals surface area contributed by atoms with Gasteiger partial charge in [-0.3, -0.25) is 0 Å². The lowest BCUT2D eigenvalue weighted by molar-refractivity contribution is 0.530. The van der Waals surface area contributed by atoms with E-state index in [4.69, 9.17) is 16.0 Å². The standard InChI is InChI=1S/C18H15ClO/c1-11-14(9-10-20-11)18(19)16-8-7-13-6-5-12-3-2-4-15(16)17(12)13/h2-4,7-10,18H,5-6H2,1H3. The van der Waals surface area contributed by atoms with Crippen molar-refractivity contribution in [3.05, 3.63) is 70.7 Å². The first-order chi connectivity index (χ1) is 9.75. The van der Waals surface area contributed by atoms with Gasteiger partial charge in [0, 0.05) is 5.56 Å². The lowest BCUT2D eigenvalue weighted by atomic mass is 9.95. The van der Waals surface area contributed by atoms with E-state index in [9.17, 15) is 0 Å². The van der Waals surface area contributed by atoms with Gasteiger partial charge in [0.15, 0.2) is 0 Å². The van der Waals surface area contributed by atoms with Gasteiger partial charge in [0.1, 0.15) is 5.76 Å². The zero-order chi connectivity index (χ0) is 13.7. The molecule has 1 aliphatic rings. The molecule has 1 unspecified atom stereocenters. The Labute approximate surface area is 123 Å². The number of rotatable bonds is 2. The van der Waals surface area contributed by atoms with Crippen LogP contribution in [0.3, 0.4) is 0 Å². The van der Waals surface area contributed by atoms with Crippen LogP contribution >= 0.6 is 11.6 Å². The molecule has 3 aromatic rings. The van der Waals surface area contributed by atoms with Gasteiger partial charge in [-0.15, -0.1) is 11.6 Å². The minimum Gasteiger partial charge on any atom is -0.469 e. The van der Waals surface area contributed by atoms with Crippen LogP contribution in [0.1, 0.15) is 33.4 Å². The van der Waals surface area contributed by atoms with E-state index in [1.165, 1.54) is 27.5 Å². The van der Waals surface area contributed by atoms with Gasteiger partial charge in [0.2, 0.25) is 0 Å². The van der Waals surface area contributed by atoms with Crippen LogP contribution in [0.2, 0.25) is 0 Å². The molecule has 1 nitrogen and oxygen atoms in total. The Bertz CT molecular complexity index is 790. The maximum Gasteiger partial charge on any atom is 0.105 e. The Morgan fingerprint density at radius 2 is 1.80 bits per heavy atom. The first kappa shape index (κ1) is 12.0. The van der Waals surface area contributed by atoms with Gasteiger partial charge in [-0.2, -0.15) is 0 Å². The van der Waals surface area contributed by atoms with Gasteiger partial charge in [-0.1, -0.05) is 30.3 Å². The summed E-state index contributed by atoms with van der Waals surface area (Å²) >= 11 is 6.72. The van der Waals surface area contributed by atoms with Crippen LogP contribution in [0.4, 0.5) is 0 Å². The van der Waals surface area contributed by atoms with Crippen molar-refractivity contribution in [2.45, 2.75) is 25.1 Å². The summed E-state index contributed by atoms with van der Waals surface area (Å²) in [6.07, 6.45) is 4.00. The molecule has 0 saturated heterocycles. The predicted octanol–water partition coefficient (Wildman–Crippen LogP) is 5.17. The van der Waals surface area contributed by atoms with Gasteiger partial charge in [0.25, 0.3) is 0 Å². The molecule has 2 aromatic carbocycles. The summed E-state index contributed by atoms with van der Waals surface area (Å²) in [5.74, 6) is 0.897. The zero-order valence-electron chi connectivity index (χ0n) is 11.3. The highest BCUT2D eigenvalue weighted by molar-refractivity contribution is 6.23. The first-order valence-corrected chi connectivity index (χ1v) is 7.41. The largest absolute Gasteiger partial charge is 0.469 e. The van der Waals surface area contributed by atoms with Crippen molar-refractivity contribution in [2.75, 3.05) is 0 Å². The highest BCUT2D eigenvalue weighted by Crippen LogP contribution is 2.39. The molecular formula is C18H15ClO. The predicted molar refractivity (Wildman–Crippen MR) is 82.5 cm³/mol. The van der Waals surface area contributed by atoms with Gasteiger partial charge < -0.3 is 4.42 Å². The fourth-order valence-corrected chi connectivity index (χ4v) is 3.73. The molecule has 100 valence electrons. The lowest BCUT2D eigenvalue weighted by Crippen LogP contribution is -1.96. The number of hydrogen-bond donors (Lipinski definition) is 0. The Morgan fingerprint density at radius 3 is 2.55 bits per heavy atom. The summed E-state index contributed by atoms with van der Waals surface area (Å²) in [5, 5.41) is 2.55. The van der Waals surface area contributed by atoms with Gasteiger partial charge in [-0.25, -0.2) is 0 Å². The summed E-state index contributed by atoms with van der Waals surface area (Å²) in [4.78, 5) is 0. The summed E-state index contributed by atoms with van der Waals surface area (Å²) in [5.41, 5.74) is 5.14. The molecule has 0 radical (unpaired) electrons. The summed E-state index contributed by atoms with van der Waals surface area (Å²) < 4.78 is 5.39. The van der Waals surface area contributed by atoms with Crippen molar-refractivity contribution in [3.8, 4) is 0 Å². The molecule has 0 aliphatic heterocycles. The number of aryl methyl sites for hydroxylation is 3. The van der Waals surface area contributed by atoms with Crippen molar-refractivity contribution >= 4 is 22.4 Å². The van der Waals surface area contributed by atoms with Crippen molar-refractivity contribution < 1.29 is 4.42 Å². The minimum atomic E-state index is -0.154. The number of hydrogen-bond acceptors (Lipinski definition) is 1. The molecule has 20 heavy (non-hydrogen) atoms. The Hall–Kier alpha value is -1.73. The van der Waals surface area contributed by atoms with Crippen LogP contribution in [0.5, 0.6) is 0 Å². The number of furan rings is 1. The third-order valence-corrected chi connectivity index (χ3v) is 4.83. The van der Waals surface area contributed by atoms with E-state index in [-0.39, 0.29) is 5.38 Å². The van der Waals surface area contributed by atoms with Crippen LogP contribution in [0.25, 0.3) is 10.8 Å². The average Bonchev–Trinajstić information content (AvgIpc) is 3.07. The summed E-state index contributed by atoms with van der Waals surface area (Å²) in [7, 11) is 0. The van der Waals surface area contributed by atoms with Gasteiger partial charge >= 0.3 is 0 Å². The van der Waals surface area contributed by atoms with Crippen LogP contribution in [0, 0.1) is 6.92 Å². The van der Waals surface area contributed by atoms with E-state index < -0.39 is 0 Å². The molecule has 1 heterocycles. The molecule has 0 saturated carbocycles.